The van der Waals surface area contributed by atoms with E-state index in [0.717, 1.165) is 51.6 Å². The summed E-state index contributed by atoms with van der Waals surface area (Å²) in [5.74, 6) is 0.0540. The first kappa shape index (κ1) is 9.83. The first-order valence-electron chi connectivity index (χ1n) is 9.93. The maximum atomic E-state index is 8.56. The van der Waals surface area contributed by atoms with Gasteiger partial charge in [0, 0.05) is 5.54 Å². The van der Waals surface area contributed by atoms with E-state index in [2.05, 4.69) is 4.90 Å². The highest BCUT2D eigenvalue weighted by Crippen LogP contribution is 2.43. The Balaban J connectivity index is 2.18. The monoisotopic (exact) mass is 277 g/mol. The van der Waals surface area contributed by atoms with E-state index in [1.807, 2.05) is 0 Å². The van der Waals surface area contributed by atoms with E-state index < -0.39 is 0 Å². The molecule has 0 radical (unpaired) electrons. The molecule has 1 saturated heterocycles. The predicted octanol–water partition coefficient (Wildman–Crippen LogP) is 4.34. The second kappa shape index (κ2) is 6.17. The van der Waals surface area contributed by atoms with Crippen molar-refractivity contribution in [1.29, 1.82) is 0 Å². The van der Waals surface area contributed by atoms with E-state index >= 15 is 0 Å². The zero-order valence-electron chi connectivity index (χ0n) is 16.4. The summed E-state index contributed by atoms with van der Waals surface area (Å²) >= 11 is 0. The molecular weight excluding hydrogens is 246 g/mol. The molecule has 2 fully saturated rings. The van der Waals surface area contributed by atoms with E-state index in [1.165, 1.54) is 20.0 Å². The van der Waals surface area contributed by atoms with Crippen molar-refractivity contribution < 1.29 is 10.2 Å². The minimum absolute atomic E-state index is 0.0459. The summed E-state index contributed by atoms with van der Waals surface area (Å²) in [6, 6.07) is 0.0755. The highest BCUT2D eigenvalue weighted by atomic mass is 16.5. The molecule has 0 unspecified atom stereocenters. The van der Waals surface area contributed by atoms with Gasteiger partial charge >= 0.3 is 0 Å². The molecule has 0 aromatic heterocycles. The van der Waals surface area contributed by atoms with Gasteiger partial charge in [0.1, 0.15) is 5.75 Å². The number of nitrogens with zero attached hydrogens (tertiary/aromatic N) is 1. The maximum absolute atomic E-state index is 8.56. The van der Waals surface area contributed by atoms with Crippen LogP contribution < -0.4 is 4.74 Å². The molecule has 110 valence electrons. The second-order valence-corrected chi connectivity index (χ2v) is 6.05. The van der Waals surface area contributed by atoms with Gasteiger partial charge in [-0.2, -0.15) is 0 Å². The molecule has 1 heterocycles. The van der Waals surface area contributed by atoms with E-state index in [-0.39, 0.29) is 35.5 Å². The smallest absolute Gasteiger partial charge is 0.118 e. The third-order valence-electron chi connectivity index (χ3n) is 4.91. The van der Waals surface area contributed by atoms with E-state index in [9.17, 15) is 0 Å². The summed E-state index contributed by atoms with van der Waals surface area (Å²) < 4.78 is 38.8. The van der Waals surface area contributed by atoms with E-state index in [4.69, 9.17) is 10.2 Å². The van der Waals surface area contributed by atoms with Crippen LogP contribution in [0.5, 0.6) is 5.75 Å². The number of likely N-dealkylation sites (tertiary alicyclic amines) is 1. The highest BCUT2D eigenvalue weighted by molar-refractivity contribution is 5.32. The van der Waals surface area contributed by atoms with Gasteiger partial charge in [-0.3, -0.25) is 4.90 Å². The number of hydrogen-bond acceptors (Lipinski definition) is 2. The summed E-state index contributed by atoms with van der Waals surface area (Å²) in [5.41, 5.74) is 0.255. The number of rotatable bonds is 3. The Morgan fingerprint density at radius 3 is 2.15 bits per heavy atom. The predicted molar refractivity (Wildman–Crippen MR) is 83.2 cm³/mol. The Bertz CT molecular complexity index is 579. The molecule has 3 rings (SSSR count). The first-order valence-corrected chi connectivity index (χ1v) is 7.93. The van der Waals surface area contributed by atoms with Gasteiger partial charge in [0.15, 0.2) is 0 Å². The number of methoxy groups -OCH3 is 1. The Hall–Kier alpha value is -1.02. The fourth-order valence-corrected chi connectivity index (χ4v) is 3.82. The molecule has 0 spiro atoms. The minimum Gasteiger partial charge on any atom is -0.497 e. The molecule has 1 aromatic carbocycles. The lowest BCUT2D eigenvalue weighted by Crippen LogP contribution is -2.49. The molecule has 2 heteroatoms. The topological polar surface area (TPSA) is 12.5 Å². The molecule has 2 aliphatic rings. The van der Waals surface area contributed by atoms with Gasteiger partial charge in [-0.25, -0.2) is 0 Å². The average Bonchev–Trinajstić information content (AvgIpc) is 2.62. The lowest BCUT2D eigenvalue weighted by molar-refractivity contribution is 0.0303. The van der Waals surface area contributed by atoms with Crippen LogP contribution in [0.3, 0.4) is 0 Å². The van der Waals surface area contributed by atoms with Crippen molar-refractivity contribution in [1.82, 2.24) is 4.90 Å². The molecule has 1 saturated carbocycles. The molecule has 0 bridgehead atoms. The Morgan fingerprint density at radius 2 is 1.55 bits per heavy atom. The van der Waals surface area contributed by atoms with Crippen LogP contribution in [-0.2, 0) is 5.54 Å². The zero-order valence-corrected chi connectivity index (χ0v) is 12.4. The van der Waals surface area contributed by atoms with Gasteiger partial charge < -0.3 is 4.74 Å². The molecule has 20 heavy (non-hydrogen) atoms. The summed E-state index contributed by atoms with van der Waals surface area (Å²) in [5, 5.41) is 0. The molecule has 1 aliphatic carbocycles. The van der Waals surface area contributed by atoms with Crippen molar-refractivity contribution in [3.05, 3.63) is 29.7 Å². The summed E-state index contributed by atoms with van der Waals surface area (Å²) in [6.45, 7) is 1.98. The molecule has 1 aromatic rings. The molecule has 1 aliphatic heterocycles. The summed E-state index contributed by atoms with van der Waals surface area (Å²) in [6.07, 6.45) is 8.76. The van der Waals surface area contributed by atoms with Crippen LogP contribution in [0, 0.1) is 0 Å². The Morgan fingerprint density at radius 1 is 0.950 bits per heavy atom. The molecule has 0 N–H and O–H groups in total. The van der Waals surface area contributed by atoms with Gasteiger partial charge in [-0.05, 0) is 56.4 Å². The number of hydrogen-bond donors (Lipinski definition) is 0. The third-order valence-corrected chi connectivity index (χ3v) is 4.91. The van der Waals surface area contributed by atoms with Gasteiger partial charge in [0.25, 0.3) is 0 Å². The average molecular weight is 277 g/mol. The van der Waals surface area contributed by atoms with Gasteiger partial charge in [-0.15, -0.1) is 0 Å². The quantitative estimate of drug-likeness (QED) is 0.815. The van der Waals surface area contributed by atoms with E-state index in [0.29, 0.717) is 5.56 Å². The van der Waals surface area contributed by atoms with Crippen LogP contribution in [0.1, 0.15) is 62.4 Å². The normalized spacial score (nSPS) is 26.2. The minimum atomic E-state index is -0.343. The van der Waals surface area contributed by atoms with Crippen LogP contribution in [0.25, 0.3) is 0 Å². The maximum Gasteiger partial charge on any atom is 0.118 e. The van der Waals surface area contributed by atoms with Crippen molar-refractivity contribution in [3.63, 3.8) is 0 Å². The first-order chi connectivity index (χ1) is 11.5. The SMILES string of the molecule is [2H]c1c([2H])c(C2(N3CCCCC3)CCCCC2)c([2H])c([2H])c1OC. The lowest BCUT2D eigenvalue weighted by Gasteiger charge is -2.48. The number of ether oxygens (including phenoxy) is 1. The number of benzene rings is 1. The van der Waals surface area contributed by atoms with Crippen LogP contribution in [0.15, 0.2) is 24.2 Å². The fraction of sp³-hybridized carbons (Fsp3) is 0.667. The summed E-state index contributed by atoms with van der Waals surface area (Å²) in [4.78, 5) is 2.45. The lowest BCUT2D eigenvalue weighted by atomic mass is 9.74. The third kappa shape index (κ3) is 2.58. The fourth-order valence-electron chi connectivity index (χ4n) is 3.82. The molecular formula is C18H27NO. The van der Waals surface area contributed by atoms with Crippen molar-refractivity contribution in [3.8, 4) is 5.75 Å². The van der Waals surface area contributed by atoms with Gasteiger partial charge in [0.2, 0.25) is 0 Å². The largest absolute Gasteiger partial charge is 0.497 e. The Kier molecular flexibility index (Phi) is 3.03. The van der Waals surface area contributed by atoms with Gasteiger partial charge in [-0.1, -0.05) is 37.8 Å². The molecule has 2 nitrogen and oxygen atoms in total. The highest BCUT2D eigenvalue weighted by Gasteiger charge is 2.39. The van der Waals surface area contributed by atoms with Crippen LogP contribution in [0.2, 0.25) is 0 Å². The Labute approximate surface area is 128 Å². The molecule has 0 amide bonds. The van der Waals surface area contributed by atoms with Crippen LogP contribution >= 0.6 is 0 Å². The molecule has 0 atom stereocenters. The van der Waals surface area contributed by atoms with Crippen LogP contribution in [0.4, 0.5) is 0 Å². The van der Waals surface area contributed by atoms with Crippen molar-refractivity contribution in [2.45, 2.75) is 56.9 Å². The van der Waals surface area contributed by atoms with Crippen molar-refractivity contribution in [2.24, 2.45) is 0 Å². The van der Waals surface area contributed by atoms with Crippen molar-refractivity contribution in [2.75, 3.05) is 20.2 Å². The van der Waals surface area contributed by atoms with E-state index in [1.54, 1.807) is 0 Å². The number of piperidine rings is 1. The summed E-state index contributed by atoms with van der Waals surface area (Å²) in [7, 11) is 1.41. The zero-order chi connectivity index (χ0) is 17.3. The van der Waals surface area contributed by atoms with Crippen molar-refractivity contribution >= 4 is 0 Å². The van der Waals surface area contributed by atoms with Gasteiger partial charge in [0.05, 0.1) is 12.6 Å². The second-order valence-electron chi connectivity index (χ2n) is 6.05. The standard InChI is InChI=1S/C18H27NO/c1-20-17-10-8-16(9-11-17)18(12-4-2-5-13-18)19-14-6-3-7-15-19/h8-11H,2-7,12-15H2,1H3/i8D,9D,10D,11D. The van der Waals surface area contributed by atoms with Crippen LogP contribution in [-0.4, -0.2) is 25.1 Å².